The fraction of sp³-hybridized carbons (Fsp3) is 0.0769. The van der Waals surface area contributed by atoms with Gasteiger partial charge in [0.15, 0.2) is 0 Å². The lowest BCUT2D eigenvalue weighted by Crippen LogP contribution is -1.96. The maximum absolute atomic E-state index is 5.72. The number of aromatic nitrogens is 3. The van der Waals surface area contributed by atoms with Gasteiger partial charge in [0.05, 0.1) is 18.3 Å². The number of nitrogen functional groups attached to an aromatic ring is 1. The molecule has 3 aromatic rings. The lowest BCUT2D eigenvalue weighted by molar-refractivity contribution is 0.414. The predicted octanol–water partition coefficient (Wildman–Crippen LogP) is 2.01. The molecule has 3 rings (SSSR count). The van der Waals surface area contributed by atoms with Crippen molar-refractivity contribution in [2.45, 2.75) is 0 Å². The summed E-state index contributed by atoms with van der Waals surface area (Å²) in [5, 5.41) is 8.23. The maximum Gasteiger partial charge on any atom is 0.119 e. The molecule has 0 fully saturated rings. The van der Waals surface area contributed by atoms with Gasteiger partial charge in [-0.3, -0.25) is 0 Å². The molecule has 0 bridgehead atoms. The van der Waals surface area contributed by atoms with Crippen molar-refractivity contribution in [3.05, 3.63) is 42.5 Å². The molecule has 18 heavy (non-hydrogen) atoms. The highest BCUT2D eigenvalue weighted by Crippen LogP contribution is 2.20. The summed E-state index contributed by atoms with van der Waals surface area (Å²) < 4.78 is 6.90. The zero-order valence-corrected chi connectivity index (χ0v) is 9.87. The lowest BCUT2D eigenvalue weighted by atomic mass is 10.2. The minimum Gasteiger partial charge on any atom is -0.497 e. The smallest absolute Gasteiger partial charge is 0.119 e. The summed E-state index contributed by atoms with van der Waals surface area (Å²) in [6, 6.07) is 13.2. The minimum atomic E-state index is 0.685. The number of anilines is 1. The molecule has 0 amide bonds. The highest BCUT2D eigenvalue weighted by molar-refractivity contribution is 5.79. The van der Waals surface area contributed by atoms with E-state index >= 15 is 0 Å². The molecule has 2 N–H and O–H groups in total. The molecule has 2 aromatic carbocycles. The van der Waals surface area contributed by atoms with Crippen LogP contribution in [-0.2, 0) is 0 Å². The Hall–Kier alpha value is -2.56. The molecular formula is C13H12N4O. The van der Waals surface area contributed by atoms with E-state index in [2.05, 4.69) is 10.3 Å². The van der Waals surface area contributed by atoms with Gasteiger partial charge in [0.1, 0.15) is 11.3 Å². The summed E-state index contributed by atoms with van der Waals surface area (Å²) >= 11 is 0. The van der Waals surface area contributed by atoms with Crippen LogP contribution in [0.1, 0.15) is 0 Å². The molecule has 0 aliphatic carbocycles. The molecule has 5 heteroatoms. The van der Waals surface area contributed by atoms with E-state index in [4.69, 9.17) is 10.5 Å². The summed E-state index contributed by atoms with van der Waals surface area (Å²) in [6.45, 7) is 0. The normalized spacial score (nSPS) is 10.7. The van der Waals surface area contributed by atoms with Crippen LogP contribution in [0.2, 0.25) is 0 Å². The summed E-state index contributed by atoms with van der Waals surface area (Å²) in [6.07, 6.45) is 0. The molecule has 0 saturated heterocycles. The maximum atomic E-state index is 5.72. The number of benzene rings is 2. The number of methoxy groups -OCH3 is 1. The first-order valence-corrected chi connectivity index (χ1v) is 5.53. The summed E-state index contributed by atoms with van der Waals surface area (Å²) in [4.78, 5) is 0. The van der Waals surface area contributed by atoms with E-state index in [9.17, 15) is 0 Å². The zero-order chi connectivity index (χ0) is 12.5. The van der Waals surface area contributed by atoms with Gasteiger partial charge in [0.2, 0.25) is 0 Å². The quantitative estimate of drug-likeness (QED) is 0.696. The molecule has 0 aliphatic heterocycles. The first-order valence-electron chi connectivity index (χ1n) is 5.53. The van der Waals surface area contributed by atoms with Gasteiger partial charge in [-0.15, -0.1) is 5.10 Å². The SMILES string of the molecule is COc1ccc(-n2nnc3cc(N)ccc32)cc1. The van der Waals surface area contributed by atoms with E-state index in [1.807, 2.05) is 42.5 Å². The first kappa shape index (κ1) is 10.6. The van der Waals surface area contributed by atoms with Crippen LogP contribution in [0, 0.1) is 0 Å². The van der Waals surface area contributed by atoms with Gasteiger partial charge in [-0.25, -0.2) is 4.68 Å². The molecular weight excluding hydrogens is 228 g/mol. The number of fused-ring (bicyclic) bond motifs is 1. The monoisotopic (exact) mass is 240 g/mol. The molecule has 0 saturated carbocycles. The fourth-order valence-electron chi connectivity index (χ4n) is 1.85. The van der Waals surface area contributed by atoms with Crippen LogP contribution in [0.5, 0.6) is 5.75 Å². The molecule has 0 unspecified atom stereocenters. The summed E-state index contributed by atoms with van der Waals surface area (Å²) in [7, 11) is 1.64. The Kier molecular flexibility index (Phi) is 2.37. The summed E-state index contributed by atoms with van der Waals surface area (Å²) in [5.74, 6) is 0.812. The van der Waals surface area contributed by atoms with Crippen LogP contribution < -0.4 is 10.5 Å². The Labute approximate surface area is 104 Å². The minimum absolute atomic E-state index is 0.685. The molecule has 90 valence electrons. The van der Waals surface area contributed by atoms with Crippen molar-refractivity contribution in [1.82, 2.24) is 15.0 Å². The van der Waals surface area contributed by atoms with Gasteiger partial charge in [-0.1, -0.05) is 5.21 Å². The summed E-state index contributed by atoms with van der Waals surface area (Å²) in [5.41, 5.74) is 9.04. The van der Waals surface area contributed by atoms with Crippen molar-refractivity contribution in [3.63, 3.8) is 0 Å². The molecule has 1 heterocycles. The highest BCUT2D eigenvalue weighted by Gasteiger charge is 2.06. The molecule has 0 spiro atoms. The highest BCUT2D eigenvalue weighted by atomic mass is 16.5. The third-order valence-corrected chi connectivity index (χ3v) is 2.79. The Morgan fingerprint density at radius 1 is 1.11 bits per heavy atom. The molecule has 0 aliphatic rings. The number of ether oxygens (including phenoxy) is 1. The number of rotatable bonds is 2. The van der Waals surface area contributed by atoms with Crippen molar-refractivity contribution >= 4 is 16.7 Å². The molecule has 5 nitrogen and oxygen atoms in total. The van der Waals surface area contributed by atoms with E-state index in [0.717, 1.165) is 22.5 Å². The van der Waals surface area contributed by atoms with Crippen molar-refractivity contribution in [3.8, 4) is 11.4 Å². The Morgan fingerprint density at radius 3 is 2.61 bits per heavy atom. The van der Waals surface area contributed by atoms with Crippen LogP contribution in [0.15, 0.2) is 42.5 Å². The zero-order valence-electron chi connectivity index (χ0n) is 9.87. The molecule has 1 aromatic heterocycles. The van der Waals surface area contributed by atoms with E-state index in [1.54, 1.807) is 11.8 Å². The molecule has 0 atom stereocenters. The number of hydrogen-bond acceptors (Lipinski definition) is 4. The van der Waals surface area contributed by atoms with Gasteiger partial charge < -0.3 is 10.5 Å². The van der Waals surface area contributed by atoms with Crippen LogP contribution in [0.3, 0.4) is 0 Å². The van der Waals surface area contributed by atoms with E-state index < -0.39 is 0 Å². The Morgan fingerprint density at radius 2 is 1.89 bits per heavy atom. The van der Waals surface area contributed by atoms with Gasteiger partial charge in [-0.05, 0) is 42.5 Å². The third kappa shape index (κ3) is 1.66. The Bertz CT molecular complexity index is 688. The average molecular weight is 240 g/mol. The van der Waals surface area contributed by atoms with Gasteiger partial charge in [0.25, 0.3) is 0 Å². The standard InChI is InChI=1S/C13H12N4O/c1-18-11-5-3-10(4-6-11)17-13-7-2-9(14)8-12(13)15-16-17/h2-8H,14H2,1H3. The van der Waals surface area contributed by atoms with Crippen LogP contribution in [0.4, 0.5) is 5.69 Å². The van der Waals surface area contributed by atoms with Crippen molar-refractivity contribution in [2.24, 2.45) is 0 Å². The van der Waals surface area contributed by atoms with E-state index in [0.29, 0.717) is 5.69 Å². The largest absolute Gasteiger partial charge is 0.497 e. The second kappa shape index (κ2) is 4.03. The van der Waals surface area contributed by atoms with Crippen LogP contribution in [-0.4, -0.2) is 22.1 Å². The van der Waals surface area contributed by atoms with Crippen molar-refractivity contribution in [1.29, 1.82) is 0 Å². The van der Waals surface area contributed by atoms with Gasteiger partial charge in [0, 0.05) is 5.69 Å². The van der Waals surface area contributed by atoms with E-state index in [1.165, 1.54) is 0 Å². The second-order valence-corrected chi connectivity index (χ2v) is 3.95. The van der Waals surface area contributed by atoms with Crippen LogP contribution >= 0.6 is 0 Å². The number of nitrogens with zero attached hydrogens (tertiary/aromatic N) is 3. The lowest BCUT2D eigenvalue weighted by Gasteiger charge is -2.04. The predicted molar refractivity (Wildman–Crippen MR) is 69.8 cm³/mol. The van der Waals surface area contributed by atoms with Gasteiger partial charge in [-0.2, -0.15) is 0 Å². The second-order valence-electron chi connectivity index (χ2n) is 3.95. The number of nitrogens with two attached hydrogens (primary N) is 1. The Balaban J connectivity index is 2.13. The fourth-order valence-corrected chi connectivity index (χ4v) is 1.85. The van der Waals surface area contributed by atoms with Gasteiger partial charge >= 0.3 is 0 Å². The van der Waals surface area contributed by atoms with Crippen molar-refractivity contribution < 1.29 is 4.74 Å². The first-order chi connectivity index (χ1) is 8.78. The molecule has 0 radical (unpaired) electrons. The third-order valence-electron chi connectivity index (χ3n) is 2.79. The topological polar surface area (TPSA) is 66.0 Å². The average Bonchev–Trinajstić information content (AvgIpc) is 2.81. The van der Waals surface area contributed by atoms with E-state index in [-0.39, 0.29) is 0 Å². The van der Waals surface area contributed by atoms with Crippen LogP contribution in [0.25, 0.3) is 16.7 Å². The number of hydrogen-bond donors (Lipinski definition) is 1. The van der Waals surface area contributed by atoms with Crippen molar-refractivity contribution in [2.75, 3.05) is 12.8 Å².